The summed E-state index contributed by atoms with van der Waals surface area (Å²) in [7, 11) is 0. The van der Waals surface area contributed by atoms with E-state index in [2.05, 4.69) is 34.2 Å². The number of hydrogen-bond donors (Lipinski definition) is 1. The predicted molar refractivity (Wildman–Crippen MR) is 118 cm³/mol. The molecule has 0 radical (unpaired) electrons. The molecule has 0 aliphatic carbocycles. The van der Waals surface area contributed by atoms with Crippen molar-refractivity contribution in [2.24, 2.45) is 0 Å². The minimum atomic E-state index is -0.597. The number of aromatic nitrogens is 1. The summed E-state index contributed by atoms with van der Waals surface area (Å²) in [4.78, 5) is 2.20. The molecule has 0 bridgehead atoms. The summed E-state index contributed by atoms with van der Waals surface area (Å²) in [5, 5.41) is 10.4. The zero-order valence-electron chi connectivity index (χ0n) is 17.2. The quantitative estimate of drug-likeness (QED) is 0.360. The molecule has 1 heterocycles. The number of benzene rings is 2. The van der Waals surface area contributed by atoms with Crippen LogP contribution in [0, 0.1) is 5.82 Å². The van der Waals surface area contributed by atoms with Crippen LogP contribution >= 0.6 is 0 Å². The molecular formula is C25H29FN2O2. The first-order valence-corrected chi connectivity index (χ1v) is 10.2. The van der Waals surface area contributed by atoms with Gasteiger partial charge in [-0.25, -0.2) is 4.39 Å². The van der Waals surface area contributed by atoms with Crippen molar-refractivity contribution in [3.05, 3.63) is 108 Å². The van der Waals surface area contributed by atoms with E-state index in [0.717, 1.165) is 11.3 Å². The van der Waals surface area contributed by atoms with Crippen LogP contribution < -0.4 is 0 Å². The standard InChI is InChI=1S/C25H29FN2O2/c1-2-14-30-20-25(29)19-27(16-21-8-4-3-5-9-21)18-24-12-7-13-28(24)17-22-10-6-11-23(26)15-22/h2-13,15,25,29H,1,14,16-20H2. The van der Waals surface area contributed by atoms with Crippen LogP contribution in [0.3, 0.4) is 0 Å². The molecule has 1 aromatic heterocycles. The van der Waals surface area contributed by atoms with Crippen LogP contribution in [0.2, 0.25) is 0 Å². The minimum Gasteiger partial charge on any atom is -0.389 e. The van der Waals surface area contributed by atoms with Gasteiger partial charge in [-0.2, -0.15) is 0 Å². The molecule has 0 saturated heterocycles. The van der Waals surface area contributed by atoms with Crippen molar-refractivity contribution in [2.45, 2.75) is 25.7 Å². The van der Waals surface area contributed by atoms with E-state index in [0.29, 0.717) is 32.8 Å². The van der Waals surface area contributed by atoms with E-state index in [-0.39, 0.29) is 12.4 Å². The minimum absolute atomic E-state index is 0.227. The Morgan fingerprint density at radius 2 is 1.83 bits per heavy atom. The van der Waals surface area contributed by atoms with E-state index in [1.54, 1.807) is 18.2 Å². The molecule has 0 aliphatic rings. The van der Waals surface area contributed by atoms with Crippen LogP contribution in [0.15, 0.2) is 85.6 Å². The number of rotatable bonds is 12. The first-order chi connectivity index (χ1) is 14.6. The molecule has 1 N–H and O–H groups in total. The summed E-state index contributed by atoms with van der Waals surface area (Å²) >= 11 is 0. The average Bonchev–Trinajstić information content (AvgIpc) is 3.15. The number of aliphatic hydroxyl groups is 1. The molecule has 1 atom stereocenters. The van der Waals surface area contributed by atoms with Gasteiger partial charge < -0.3 is 14.4 Å². The zero-order valence-corrected chi connectivity index (χ0v) is 17.2. The van der Waals surface area contributed by atoms with Crippen molar-refractivity contribution < 1.29 is 14.2 Å². The monoisotopic (exact) mass is 408 g/mol. The highest BCUT2D eigenvalue weighted by Crippen LogP contribution is 2.14. The van der Waals surface area contributed by atoms with Gasteiger partial charge in [0, 0.05) is 38.1 Å². The van der Waals surface area contributed by atoms with Gasteiger partial charge in [0.25, 0.3) is 0 Å². The number of hydrogen-bond acceptors (Lipinski definition) is 3. The Morgan fingerprint density at radius 3 is 2.60 bits per heavy atom. The van der Waals surface area contributed by atoms with Gasteiger partial charge >= 0.3 is 0 Å². The maximum atomic E-state index is 13.6. The Hall–Kier alpha value is -2.73. The maximum Gasteiger partial charge on any atom is 0.123 e. The molecular weight excluding hydrogens is 379 g/mol. The van der Waals surface area contributed by atoms with Gasteiger partial charge in [-0.05, 0) is 35.4 Å². The molecule has 3 rings (SSSR count). The Morgan fingerprint density at radius 1 is 1.03 bits per heavy atom. The van der Waals surface area contributed by atoms with E-state index < -0.39 is 6.10 Å². The highest BCUT2D eigenvalue weighted by molar-refractivity contribution is 5.19. The fraction of sp³-hybridized carbons (Fsp3) is 0.280. The second-order valence-electron chi connectivity index (χ2n) is 7.39. The summed E-state index contributed by atoms with van der Waals surface area (Å²) in [6.45, 7) is 6.78. The van der Waals surface area contributed by atoms with Crippen LogP contribution in [0.25, 0.3) is 0 Å². The fourth-order valence-electron chi connectivity index (χ4n) is 3.47. The Bertz CT molecular complexity index is 910. The molecule has 158 valence electrons. The normalized spacial score (nSPS) is 12.2. The van der Waals surface area contributed by atoms with Crippen molar-refractivity contribution in [3.8, 4) is 0 Å². The Labute approximate surface area is 177 Å². The third kappa shape index (κ3) is 6.95. The smallest absolute Gasteiger partial charge is 0.123 e. The number of aliphatic hydroxyl groups excluding tert-OH is 1. The zero-order chi connectivity index (χ0) is 21.2. The van der Waals surface area contributed by atoms with Gasteiger partial charge in [-0.1, -0.05) is 48.5 Å². The predicted octanol–water partition coefficient (Wildman–Crippen LogP) is 4.24. The van der Waals surface area contributed by atoms with Gasteiger partial charge in [0.2, 0.25) is 0 Å². The summed E-state index contributed by atoms with van der Waals surface area (Å²) in [6, 6.07) is 20.9. The molecule has 2 aromatic carbocycles. The number of halogens is 1. The van der Waals surface area contributed by atoms with Crippen LogP contribution in [0.5, 0.6) is 0 Å². The lowest BCUT2D eigenvalue weighted by molar-refractivity contribution is 0.0224. The Balaban J connectivity index is 1.70. The van der Waals surface area contributed by atoms with E-state index in [4.69, 9.17) is 4.74 Å². The first-order valence-electron chi connectivity index (χ1n) is 10.2. The third-order valence-electron chi connectivity index (χ3n) is 4.81. The van der Waals surface area contributed by atoms with Crippen LogP contribution in [0.4, 0.5) is 4.39 Å². The van der Waals surface area contributed by atoms with Gasteiger partial charge in [0.1, 0.15) is 5.82 Å². The molecule has 0 amide bonds. The molecule has 0 fully saturated rings. The largest absolute Gasteiger partial charge is 0.389 e. The fourth-order valence-corrected chi connectivity index (χ4v) is 3.47. The van der Waals surface area contributed by atoms with Crippen molar-refractivity contribution in [1.29, 1.82) is 0 Å². The molecule has 4 nitrogen and oxygen atoms in total. The number of nitrogens with zero attached hydrogens (tertiary/aromatic N) is 2. The van der Waals surface area contributed by atoms with Crippen molar-refractivity contribution in [2.75, 3.05) is 19.8 Å². The van der Waals surface area contributed by atoms with Crippen LogP contribution in [-0.4, -0.2) is 40.4 Å². The lowest BCUT2D eigenvalue weighted by atomic mass is 10.2. The molecule has 0 spiro atoms. The van der Waals surface area contributed by atoms with Crippen molar-refractivity contribution in [3.63, 3.8) is 0 Å². The lowest BCUT2D eigenvalue weighted by Gasteiger charge is -2.26. The van der Waals surface area contributed by atoms with Gasteiger partial charge in [0.05, 0.1) is 19.3 Å². The molecule has 1 unspecified atom stereocenters. The Kier molecular flexibility index (Phi) is 8.39. The van der Waals surface area contributed by atoms with E-state index >= 15 is 0 Å². The molecule has 30 heavy (non-hydrogen) atoms. The summed E-state index contributed by atoms with van der Waals surface area (Å²) in [5.41, 5.74) is 3.20. The first kappa shape index (κ1) is 22.0. The van der Waals surface area contributed by atoms with Crippen molar-refractivity contribution in [1.82, 2.24) is 9.47 Å². The van der Waals surface area contributed by atoms with Gasteiger partial charge in [-0.3, -0.25) is 4.90 Å². The SMILES string of the molecule is C=CCOCC(O)CN(Cc1ccccc1)Cc1cccn1Cc1cccc(F)c1. The van der Waals surface area contributed by atoms with Gasteiger partial charge in [-0.15, -0.1) is 6.58 Å². The highest BCUT2D eigenvalue weighted by atomic mass is 19.1. The summed E-state index contributed by atoms with van der Waals surface area (Å²) in [6.07, 6.45) is 3.08. The van der Waals surface area contributed by atoms with Crippen molar-refractivity contribution >= 4 is 0 Å². The van der Waals surface area contributed by atoms with Crippen LogP contribution in [0.1, 0.15) is 16.8 Å². The van der Waals surface area contributed by atoms with E-state index in [1.807, 2.05) is 36.5 Å². The van der Waals surface area contributed by atoms with Gasteiger partial charge in [0.15, 0.2) is 0 Å². The van der Waals surface area contributed by atoms with E-state index in [9.17, 15) is 9.50 Å². The molecule has 5 heteroatoms. The maximum absolute atomic E-state index is 13.6. The third-order valence-corrected chi connectivity index (χ3v) is 4.81. The topological polar surface area (TPSA) is 37.6 Å². The molecule has 3 aromatic rings. The second kappa shape index (κ2) is 11.5. The average molecular weight is 409 g/mol. The highest BCUT2D eigenvalue weighted by Gasteiger charge is 2.15. The summed E-state index contributed by atoms with van der Waals surface area (Å²) in [5.74, 6) is -0.227. The lowest BCUT2D eigenvalue weighted by Crippen LogP contribution is -2.35. The summed E-state index contributed by atoms with van der Waals surface area (Å²) < 4.78 is 21.1. The second-order valence-corrected chi connectivity index (χ2v) is 7.39. The molecule has 0 saturated carbocycles. The molecule has 0 aliphatic heterocycles. The van der Waals surface area contributed by atoms with E-state index in [1.165, 1.54) is 11.6 Å². The van der Waals surface area contributed by atoms with Crippen LogP contribution in [-0.2, 0) is 24.4 Å². The number of ether oxygens (including phenoxy) is 1.